The molecule has 0 spiro atoms. The van der Waals surface area contributed by atoms with Crippen molar-refractivity contribution in [2.45, 2.75) is 19.8 Å². The third kappa shape index (κ3) is 3.25. The van der Waals surface area contributed by atoms with E-state index in [1.165, 1.54) is 0 Å². The molecule has 106 valence electrons. The van der Waals surface area contributed by atoms with E-state index in [-0.39, 0.29) is 0 Å². The molecule has 0 aliphatic heterocycles. The predicted octanol–water partition coefficient (Wildman–Crippen LogP) is 3.34. The maximum atomic E-state index is 5.82. The molecule has 0 saturated carbocycles. The Morgan fingerprint density at radius 1 is 1.10 bits per heavy atom. The molecule has 2 aromatic heterocycles. The average molecular weight is 296 g/mol. The van der Waals surface area contributed by atoms with Crippen LogP contribution in [0.25, 0.3) is 11.3 Å². The van der Waals surface area contributed by atoms with Gasteiger partial charge in [-0.15, -0.1) is 11.3 Å². The topological polar surface area (TPSA) is 64.7 Å². The quantitative estimate of drug-likeness (QED) is 0.802. The number of nitrogen functional groups attached to an aromatic ring is 1. The zero-order valence-electron chi connectivity index (χ0n) is 11.8. The van der Waals surface area contributed by atoms with Gasteiger partial charge in [0, 0.05) is 29.9 Å². The first-order valence-electron chi connectivity index (χ1n) is 6.86. The second-order valence-corrected chi connectivity index (χ2v) is 5.67. The highest BCUT2D eigenvalue weighted by Gasteiger charge is 2.08. The molecule has 0 unspecified atom stereocenters. The van der Waals surface area contributed by atoms with Gasteiger partial charge in [0.1, 0.15) is 11.6 Å². The number of benzene rings is 1. The Hall–Kier alpha value is -2.27. The van der Waals surface area contributed by atoms with Crippen molar-refractivity contribution in [3.8, 4) is 11.3 Å². The van der Waals surface area contributed by atoms with Crippen molar-refractivity contribution in [3.05, 3.63) is 58.3 Å². The number of hydrogen-bond acceptors (Lipinski definition) is 5. The van der Waals surface area contributed by atoms with Crippen LogP contribution in [-0.2, 0) is 12.8 Å². The summed E-state index contributed by atoms with van der Waals surface area (Å²) in [6.45, 7) is 2.02. The largest absolute Gasteiger partial charge is 0.384 e. The molecule has 3 aromatic rings. The molecule has 0 amide bonds. The Bertz CT molecular complexity index is 737. The molecule has 4 nitrogen and oxygen atoms in total. The van der Waals surface area contributed by atoms with Gasteiger partial charge in [0.2, 0.25) is 0 Å². The van der Waals surface area contributed by atoms with E-state index in [0.717, 1.165) is 34.2 Å². The fraction of sp³-hybridized carbons (Fsp3) is 0.188. The molecule has 5 heteroatoms. The van der Waals surface area contributed by atoms with E-state index in [9.17, 15) is 0 Å². The number of nitrogens with two attached hydrogens (primary N) is 1. The summed E-state index contributed by atoms with van der Waals surface area (Å²) >= 11 is 1.65. The summed E-state index contributed by atoms with van der Waals surface area (Å²) in [4.78, 5) is 13.4. The molecule has 0 atom stereocenters. The minimum Gasteiger partial charge on any atom is -0.384 e. The van der Waals surface area contributed by atoms with Crippen molar-refractivity contribution in [2.24, 2.45) is 0 Å². The van der Waals surface area contributed by atoms with Crippen molar-refractivity contribution in [2.75, 3.05) is 5.73 Å². The highest BCUT2D eigenvalue weighted by atomic mass is 32.1. The number of rotatable bonds is 4. The highest BCUT2D eigenvalue weighted by molar-refractivity contribution is 7.10. The van der Waals surface area contributed by atoms with Gasteiger partial charge in [0.15, 0.2) is 0 Å². The summed E-state index contributed by atoms with van der Waals surface area (Å²) in [7, 11) is 0. The Balaban J connectivity index is 1.83. The molecular weight excluding hydrogens is 280 g/mol. The van der Waals surface area contributed by atoms with Crippen molar-refractivity contribution in [1.82, 2.24) is 15.0 Å². The maximum absolute atomic E-state index is 5.82. The van der Waals surface area contributed by atoms with Crippen molar-refractivity contribution in [3.63, 3.8) is 0 Å². The molecule has 0 aliphatic rings. The van der Waals surface area contributed by atoms with Gasteiger partial charge < -0.3 is 5.73 Å². The zero-order valence-corrected chi connectivity index (χ0v) is 12.6. The number of hydrogen-bond donors (Lipinski definition) is 1. The standard InChI is InChI=1S/C16H16N4S/c1-2-15-18-12(8-14(17)20-15)9-16-19-13(10-21-16)11-6-4-3-5-7-11/h3-8,10H,2,9H2,1H3,(H2,17,18,20). The summed E-state index contributed by atoms with van der Waals surface area (Å²) < 4.78 is 0. The molecular formula is C16H16N4S. The van der Waals surface area contributed by atoms with E-state index in [2.05, 4.69) is 32.5 Å². The highest BCUT2D eigenvalue weighted by Crippen LogP contribution is 2.23. The van der Waals surface area contributed by atoms with Crippen LogP contribution in [0.5, 0.6) is 0 Å². The first-order valence-corrected chi connectivity index (χ1v) is 7.74. The van der Waals surface area contributed by atoms with Gasteiger partial charge in [-0.05, 0) is 0 Å². The van der Waals surface area contributed by atoms with E-state index in [1.54, 1.807) is 11.3 Å². The number of aromatic nitrogens is 3. The number of aryl methyl sites for hydroxylation is 1. The van der Waals surface area contributed by atoms with Gasteiger partial charge in [-0.3, -0.25) is 0 Å². The molecule has 3 rings (SSSR count). The average Bonchev–Trinajstić information content (AvgIpc) is 2.96. The molecule has 0 radical (unpaired) electrons. The number of thiazole rings is 1. The lowest BCUT2D eigenvalue weighted by atomic mass is 10.2. The zero-order chi connectivity index (χ0) is 14.7. The van der Waals surface area contributed by atoms with E-state index in [0.29, 0.717) is 12.2 Å². The minimum atomic E-state index is 0.525. The van der Waals surface area contributed by atoms with Crippen LogP contribution in [0, 0.1) is 0 Å². The Morgan fingerprint density at radius 3 is 2.67 bits per heavy atom. The molecule has 0 bridgehead atoms. The lowest BCUT2D eigenvalue weighted by molar-refractivity contribution is 0.900. The lowest BCUT2D eigenvalue weighted by Crippen LogP contribution is -2.03. The normalized spacial score (nSPS) is 10.7. The van der Waals surface area contributed by atoms with Crippen LogP contribution >= 0.6 is 11.3 Å². The fourth-order valence-corrected chi connectivity index (χ4v) is 2.93. The number of nitrogens with zero attached hydrogens (tertiary/aromatic N) is 3. The van der Waals surface area contributed by atoms with Gasteiger partial charge >= 0.3 is 0 Å². The van der Waals surface area contributed by atoms with Crippen molar-refractivity contribution in [1.29, 1.82) is 0 Å². The summed E-state index contributed by atoms with van der Waals surface area (Å²) in [6.07, 6.45) is 1.47. The monoisotopic (exact) mass is 296 g/mol. The van der Waals surface area contributed by atoms with Crippen molar-refractivity contribution >= 4 is 17.2 Å². The molecule has 21 heavy (non-hydrogen) atoms. The second kappa shape index (κ2) is 6.01. The molecule has 0 aliphatic carbocycles. The third-order valence-corrected chi connectivity index (χ3v) is 3.96. The molecule has 2 N–H and O–H groups in total. The summed E-state index contributed by atoms with van der Waals surface area (Å²) in [6, 6.07) is 12.0. The van der Waals surface area contributed by atoms with Crippen LogP contribution in [0.3, 0.4) is 0 Å². The van der Waals surface area contributed by atoms with E-state index < -0.39 is 0 Å². The van der Waals surface area contributed by atoms with Gasteiger partial charge in [0.25, 0.3) is 0 Å². The molecule has 0 fully saturated rings. The van der Waals surface area contributed by atoms with E-state index in [4.69, 9.17) is 5.73 Å². The van der Waals surface area contributed by atoms with Gasteiger partial charge in [0.05, 0.1) is 16.4 Å². The van der Waals surface area contributed by atoms with Crippen LogP contribution in [0.15, 0.2) is 41.8 Å². The smallest absolute Gasteiger partial charge is 0.130 e. The lowest BCUT2D eigenvalue weighted by Gasteiger charge is -2.02. The van der Waals surface area contributed by atoms with Crippen LogP contribution in [0.4, 0.5) is 5.82 Å². The van der Waals surface area contributed by atoms with Gasteiger partial charge in [-0.25, -0.2) is 15.0 Å². The Morgan fingerprint density at radius 2 is 1.90 bits per heavy atom. The van der Waals surface area contributed by atoms with Crippen LogP contribution in [-0.4, -0.2) is 15.0 Å². The van der Waals surface area contributed by atoms with Gasteiger partial charge in [-0.2, -0.15) is 0 Å². The Labute approximate surface area is 127 Å². The second-order valence-electron chi connectivity index (χ2n) is 4.72. The SMILES string of the molecule is CCc1nc(N)cc(Cc2nc(-c3ccccc3)cs2)n1. The summed E-state index contributed by atoms with van der Waals surface area (Å²) in [5, 5.41) is 3.12. The fourth-order valence-electron chi connectivity index (χ4n) is 2.11. The maximum Gasteiger partial charge on any atom is 0.130 e. The van der Waals surface area contributed by atoms with E-state index in [1.807, 2.05) is 31.2 Å². The van der Waals surface area contributed by atoms with Crippen LogP contribution in [0.2, 0.25) is 0 Å². The minimum absolute atomic E-state index is 0.525. The third-order valence-electron chi connectivity index (χ3n) is 3.12. The first kappa shape index (κ1) is 13.7. The van der Waals surface area contributed by atoms with E-state index >= 15 is 0 Å². The summed E-state index contributed by atoms with van der Waals surface area (Å²) in [5.41, 5.74) is 8.88. The van der Waals surface area contributed by atoms with Crippen LogP contribution < -0.4 is 5.73 Å². The predicted molar refractivity (Wildman–Crippen MR) is 86.2 cm³/mol. The molecule has 2 heterocycles. The summed E-state index contributed by atoms with van der Waals surface area (Å²) in [5.74, 6) is 1.31. The molecule has 0 saturated heterocycles. The molecule has 1 aromatic carbocycles. The van der Waals surface area contributed by atoms with Crippen LogP contribution in [0.1, 0.15) is 23.4 Å². The van der Waals surface area contributed by atoms with Crippen molar-refractivity contribution < 1.29 is 0 Å². The van der Waals surface area contributed by atoms with Gasteiger partial charge in [-0.1, -0.05) is 37.3 Å². The first-order chi connectivity index (χ1) is 10.2. The number of anilines is 1. The Kier molecular flexibility index (Phi) is 3.92.